The summed E-state index contributed by atoms with van der Waals surface area (Å²) in [5, 5.41) is 0.976. The molecule has 14 heavy (non-hydrogen) atoms. The number of alkyl halides is 2. The maximum Gasteiger partial charge on any atom is 0.258 e. The van der Waals surface area contributed by atoms with Crippen molar-refractivity contribution in [2.45, 2.75) is 12.5 Å². The average molecular weight is 213 g/mol. The highest BCUT2D eigenvalue weighted by molar-refractivity contribution is 7.19. The summed E-state index contributed by atoms with van der Waals surface area (Å²) in [6, 6.07) is 8.14. The minimum absolute atomic E-state index is 0.543. The number of hydrogen-bond donors (Lipinski definition) is 1. The van der Waals surface area contributed by atoms with Gasteiger partial charge in [-0.3, -0.25) is 0 Å². The van der Waals surface area contributed by atoms with Crippen molar-refractivity contribution >= 4 is 21.4 Å². The Labute approximate surface area is 84.2 Å². The van der Waals surface area contributed by atoms with Crippen LogP contribution < -0.4 is 5.73 Å². The third-order valence-corrected chi connectivity index (χ3v) is 3.26. The standard InChI is InChI=1S/C10H9F2NS/c11-10(12)9(13)8-5-6-3-1-2-4-7(6)14-8/h1-5,9-10H,13H2. The molecule has 0 radical (unpaired) electrons. The first kappa shape index (κ1) is 9.55. The van der Waals surface area contributed by atoms with Crippen LogP contribution in [0.5, 0.6) is 0 Å². The number of halogens is 2. The smallest absolute Gasteiger partial charge is 0.258 e. The van der Waals surface area contributed by atoms with E-state index in [1.54, 1.807) is 6.07 Å². The Morgan fingerprint density at radius 2 is 1.93 bits per heavy atom. The van der Waals surface area contributed by atoms with E-state index in [2.05, 4.69) is 0 Å². The predicted molar refractivity (Wildman–Crippen MR) is 54.8 cm³/mol. The van der Waals surface area contributed by atoms with Crippen molar-refractivity contribution in [3.63, 3.8) is 0 Å². The van der Waals surface area contributed by atoms with Gasteiger partial charge in [0.1, 0.15) is 6.04 Å². The van der Waals surface area contributed by atoms with Gasteiger partial charge in [-0.2, -0.15) is 0 Å². The van der Waals surface area contributed by atoms with Gasteiger partial charge in [-0.15, -0.1) is 11.3 Å². The number of thiophene rings is 1. The van der Waals surface area contributed by atoms with Gasteiger partial charge < -0.3 is 5.73 Å². The number of rotatable bonds is 2. The van der Waals surface area contributed by atoms with E-state index in [1.165, 1.54) is 11.3 Å². The third-order valence-electron chi connectivity index (χ3n) is 2.04. The van der Waals surface area contributed by atoms with Crippen molar-refractivity contribution in [2.75, 3.05) is 0 Å². The van der Waals surface area contributed by atoms with Crippen LogP contribution in [-0.4, -0.2) is 6.43 Å². The Bertz CT molecular complexity index is 405. The number of nitrogens with two attached hydrogens (primary N) is 1. The van der Waals surface area contributed by atoms with E-state index < -0.39 is 12.5 Å². The molecule has 1 aromatic carbocycles. The van der Waals surface area contributed by atoms with Crippen LogP contribution in [-0.2, 0) is 0 Å². The Morgan fingerprint density at radius 1 is 1.21 bits per heavy atom. The number of benzene rings is 1. The Balaban J connectivity index is 2.45. The first-order valence-electron chi connectivity index (χ1n) is 4.20. The molecule has 2 aromatic rings. The number of fused-ring (bicyclic) bond motifs is 1. The lowest BCUT2D eigenvalue weighted by atomic mass is 10.2. The van der Waals surface area contributed by atoms with Crippen molar-refractivity contribution < 1.29 is 8.78 Å². The van der Waals surface area contributed by atoms with E-state index in [1.807, 2.05) is 24.3 Å². The minimum Gasteiger partial charge on any atom is -0.319 e. The van der Waals surface area contributed by atoms with Crippen LogP contribution in [0.1, 0.15) is 10.9 Å². The van der Waals surface area contributed by atoms with Crippen molar-refractivity contribution in [3.8, 4) is 0 Å². The SMILES string of the molecule is NC(c1cc2ccccc2s1)C(F)F. The van der Waals surface area contributed by atoms with Crippen LogP contribution in [0.4, 0.5) is 8.78 Å². The zero-order chi connectivity index (χ0) is 10.1. The normalized spacial score (nSPS) is 13.7. The molecule has 1 heterocycles. The fraction of sp³-hybridized carbons (Fsp3) is 0.200. The molecule has 0 aliphatic heterocycles. The minimum atomic E-state index is -2.50. The summed E-state index contributed by atoms with van der Waals surface area (Å²) in [5.74, 6) is 0. The van der Waals surface area contributed by atoms with E-state index in [-0.39, 0.29) is 0 Å². The molecular weight excluding hydrogens is 204 g/mol. The Morgan fingerprint density at radius 3 is 2.57 bits per heavy atom. The molecular formula is C10H9F2NS. The molecule has 0 saturated heterocycles. The lowest BCUT2D eigenvalue weighted by Crippen LogP contribution is -2.17. The van der Waals surface area contributed by atoms with Crippen molar-refractivity contribution in [2.24, 2.45) is 5.73 Å². The van der Waals surface area contributed by atoms with Gasteiger partial charge in [-0.1, -0.05) is 18.2 Å². The summed E-state index contributed by atoms with van der Waals surface area (Å²) in [5.41, 5.74) is 5.36. The second kappa shape index (κ2) is 3.63. The fourth-order valence-electron chi connectivity index (χ4n) is 1.29. The first-order valence-corrected chi connectivity index (χ1v) is 5.02. The van der Waals surface area contributed by atoms with Gasteiger partial charge in [0.05, 0.1) is 0 Å². The molecule has 1 unspecified atom stereocenters. The molecule has 1 nitrogen and oxygen atoms in total. The highest BCUT2D eigenvalue weighted by Gasteiger charge is 2.19. The quantitative estimate of drug-likeness (QED) is 0.814. The largest absolute Gasteiger partial charge is 0.319 e. The third kappa shape index (κ3) is 1.63. The molecule has 0 aliphatic carbocycles. The second-order valence-electron chi connectivity index (χ2n) is 3.05. The van der Waals surface area contributed by atoms with Gasteiger partial charge >= 0.3 is 0 Å². The fourth-order valence-corrected chi connectivity index (χ4v) is 2.36. The molecule has 1 atom stereocenters. The monoisotopic (exact) mass is 213 g/mol. The molecule has 0 bridgehead atoms. The van der Waals surface area contributed by atoms with Gasteiger partial charge in [0.15, 0.2) is 0 Å². The molecule has 0 saturated carbocycles. The molecule has 0 spiro atoms. The van der Waals surface area contributed by atoms with Crippen molar-refractivity contribution in [1.82, 2.24) is 0 Å². The van der Waals surface area contributed by atoms with Gasteiger partial charge in [-0.25, -0.2) is 8.78 Å². The zero-order valence-corrected chi connectivity index (χ0v) is 8.10. The van der Waals surface area contributed by atoms with Gasteiger partial charge in [0.25, 0.3) is 6.43 Å². The van der Waals surface area contributed by atoms with Crippen LogP contribution in [0.15, 0.2) is 30.3 Å². The highest BCUT2D eigenvalue weighted by atomic mass is 32.1. The second-order valence-corrected chi connectivity index (χ2v) is 4.16. The van der Waals surface area contributed by atoms with Gasteiger partial charge in [0.2, 0.25) is 0 Å². The summed E-state index contributed by atoms with van der Waals surface area (Å²) >= 11 is 1.33. The Hall–Kier alpha value is -1.00. The highest BCUT2D eigenvalue weighted by Crippen LogP contribution is 2.31. The van der Waals surface area contributed by atoms with Crippen LogP contribution in [0.2, 0.25) is 0 Å². The summed E-state index contributed by atoms with van der Waals surface area (Å²) in [6.07, 6.45) is -2.50. The van der Waals surface area contributed by atoms with Gasteiger partial charge in [-0.05, 0) is 17.5 Å². The van der Waals surface area contributed by atoms with Crippen LogP contribution in [0.25, 0.3) is 10.1 Å². The zero-order valence-electron chi connectivity index (χ0n) is 7.28. The van der Waals surface area contributed by atoms with E-state index in [0.29, 0.717) is 4.88 Å². The molecule has 0 fully saturated rings. The summed E-state index contributed by atoms with van der Waals surface area (Å²) in [7, 11) is 0. The predicted octanol–water partition coefficient (Wildman–Crippen LogP) is 3.17. The van der Waals surface area contributed by atoms with E-state index in [4.69, 9.17) is 5.73 Å². The maximum absolute atomic E-state index is 12.3. The van der Waals surface area contributed by atoms with Gasteiger partial charge in [0, 0.05) is 9.58 Å². The summed E-state index contributed by atoms with van der Waals surface area (Å²) in [6.45, 7) is 0. The molecule has 74 valence electrons. The average Bonchev–Trinajstić information content (AvgIpc) is 2.59. The van der Waals surface area contributed by atoms with Crippen LogP contribution >= 0.6 is 11.3 Å². The lowest BCUT2D eigenvalue weighted by molar-refractivity contribution is 0.118. The number of hydrogen-bond acceptors (Lipinski definition) is 2. The molecule has 2 rings (SSSR count). The first-order chi connectivity index (χ1) is 6.68. The van der Waals surface area contributed by atoms with Crippen molar-refractivity contribution in [3.05, 3.63) is 35.2 Å². The van der Waals surface area contributed by atoms with E-state index >= 15 is 0 Å². The topological polar surface area (TPSA) is 26.0 Å². The van der Waals surface area contributed by atoms with Crippen LogP contribution in [0.3, 0.4) is 0 Å². The molecule has 0 amide bonds. The molecule has 4 heteroatoms. The lowest BCUT2D eigenvalue weighted by Gasteiger charge is -2.05. The molecule has 1 aromatic heterocycles. The summed E-state index contributed by atoms with van der Waals surface area (Å²) in [4.78, 5) is 0.543. The van der Waals surface area contributed by atoms with Crippen LogP contribution in [0, 0.1) is 0 Å². The maximum atomic E-state index is 12.3. The van der Waals surface area contributed by atoms with E-state index in [9.17, 15) is 8.78 Å². The molecule has 0 aliphatic rings. The Kier molecular flexibility index (Phi) is 2.48. The van der Waals surface area contributed by atoms with Crippen molar-refractivity contribution in [1.29, 1.82) is 0 Å². The van der Waals surface area contributed by atoms with E-state index in [0.717, 1.165) is 10.1 Å². The summed E-state index contributed by atoms with van der Waals surface area (Å²) < 4.78 is 25.6. The molecule has 2 N–H and O–H groups in total.